The summed E-state index contributed by atoms with van der Waals surface area (Å²) in [5.41, 5.74) is 0. The molecular formula is C14H18Cl2N2O4. The Hall–Kier alpha value is -1.66. The first kappa shape index (κ1) is 18.4. The molecule has 8 heteroatoms. The number of halogens is 2. The van der Waals surface area contributed by atoms with E-state index in [1.165, 1.54) is 0 Å². The fraction of sp³-hybridized carbons (Fsp3) is 0.429. The second-order valence-corrected chi connectivity index (χ2v) is 5.18. The maximum atomic E-state index is 11.8. The first-order valence-electron chi connectivity index (χ1n) is 6.73. The normalized spacial score (nSPS) is 11.5. The number of rotatable bonds is 7. The molecule has 0 spiro atoms. The molecule has 2 amide bonds. The average molecular weight is 349 g/mol. The molecule has 0 saturated carbocycles. The predicted octanol–water partition coefficient (Wildman–Crippen LogP) is 2.62. The van der Waals surface area contributed by atoms with Crippen LogP contribution in [0.3, 0.4) is 0 Å². The number of hydrogen-bond donors (Lipinski definition) is 2. The Bertz CT molecular complexity index is 505. The van der Waals surface area contributed by atoms with Crippen molar-refractivity contribution in [3.05, 3.63) is 28.2 Å². The summed E-state index contributed by atoms with van der Waals surface area (Å²) in [4.78, 5) is 22.9. The fourth-order valence-corrected chi connectivity index (χ4v) is 2.04. The van der Waals surface area contributed by atoms with Gasteiger partial charge in [-0.1, -0.05) is 23.2 Å². The van der Waals surface area contributed by atoms with Crippen LogP contribution < -0.4 is 15.4 Å². The molecule has 0 heterocycles. The summed E-state index contributed by atoms with van der Waals surface area (Å²) in [6.07, 6.45) is -1.24. The minimum Gasteiger partial charge on any atom is -0.481 e. The van der Waals surface area contributed by atoms with Gasteiger partial charge in [-0.2, -0.15) is 0 Å². The van der Waals surface area contributed by atoms with E-state index < -0.39 is 12.2 Å². The minimum atomic E-state index is -0.725. The van der Waals surface area contributed by atoms with E-state index in [1.807, 2.05) is 0 Å². The van der Waals surface area contributed by atoms with Gasteiger partial charge in [-0.25, -0.2) is 4.79 Å². The van der Waals surface area contributed by atoms with Crippen molar-refractivity contribution in [1.29, 1.82) is 0 Å². The van der Waals surface area contributed by atoms with E-state index in [1.54, 1.807) is 32.0 Å². The van der Waals surface area contributed by atoms with Crippen LogP contribution in [0.15, 0.2) is 18.2 Å². The highest BCUT2D eigenvalue weighted by Crippen LogP contribution is 2.24. The molecule has 0 bridgehead atoms. The Morgan fingerprint density at radius 1 is 1.14 bits per heavy atom. The maximum absolute atomic E-state index is 11.8. The van der Waals surface area contributed by atoms with Gasteiger partial charge in [-0.3, -0.25) is 4.79 Å². The SMILES string of the molecule is CCOC(=O)NCCNC(=O)C(C)Oc1cc(Cl)cc(Cl)c1. The average Bonchev–Trinajstić information content (AvgIpc) is 2.42. The quantitative estimate of drug-likeness (QED) is 0.742. The van der Waals surface area contributed by atoms with Gasteiger partial charge in [0.2, 0.25) is 0 Å². The molecule has 1 aromatic carbocycles. The zero-order chi connectivity index (χ0) is 16.5. The van der Waals surface area contributed by atoms with Gasteiger partial charge in [0.1, 0.15) is 5.75 Å². The van der Waals surface area contributed by atoms with Crippen LogP contribution in [0.2, 0.25) is 10.0 Å². The van der Waals surface area contributed by atoms with Crippen LogP contribution in [0, 0.1) is 0 Å². The van der Waals surface area contributed by atoms with Crippen molar-refractivity contribution in [3.63, 3.8) is 0 Å². The van der Waals surface area contributed by atoms with Crippen molar-refractivity contribution in [2.45, 2.75) is 20.0 Å². The van der Waals surface area contributed by atoms with Gasteiger partial charge in [-0.05, 0) is 32.0 Å². The first-order valence-corrected chi connectivity index (χ1v) is 7.49. The van der Waals surface area contributed by atoms with Gasteiger partial charge in [0.05, 0.1) is 6.61 Å². The molecule has 0 radical (unpaired) electrons. The topological polar surface area (TPSA) is 76.7 Å². The number of hydrogen-bond acceptors (Lipinski definition) is 4. The maximum Gasteiger partial charge on any atom is 0.407 e. The van der Waals surface area contributed by atoms with Crippen molar-refractivity contribution >= 4 is 35.2 Å². The van der Waals surface area contributed by atoms with Crippen molar-refractivity contribution in [2.75, 3.05) is 19.7 Å². The van der Waals surface area contributed by atoms with E-state index in [2.05, 4.69) is 15.4 Å². The first-order chi connectivity index (χ1) is 10.4. The van der Waals surface area contributed by atoms with Crippen LogP contribution in [-0.2, 0) is 9.53 Å². The van der Waals surface area contributed by atoms with Crippen LogP contribution in [-0.4, -0.2) is 37.8 Å². The van der Waals surface area contributed by atoms with Gasteiger partial charge < -0.3 is 20.1 Å². The Labute approximate surface area is 139 Å². The summed E-state index contributed by atoms with van der Waals surface area (Å²) in [5.74, 6) is 0.0894. The lowest BCUT2D eigenvalue weighted by Gasteiger charge is -2.15. The molecule has 2 N–H and O–H groups in total. The number of carbonyl (C=O) groups is 2. The molecular weight excluding hydrogens is 331 g/mol. The second-order valence-electron chi connectivity index (χ2n) is 4.30. The highest BCUT2D eigenvalue weighted by atomic mass is 35.5. The third-order valence-corrected chi connectivity index (χ3v) is 2.92. The molecule has 1 unspecified atom stereocenters. The molecule has 0 aromatic heterocycles. The van der Waals surface area contributed by atoms with Crippen LogP contribution in [0.25, 0.3) is 0 Å². The molecule has 0 saturated heterocycles. The van der Waals surface area contributed by atoms with Gasteiger partial charge in [0, 0.05) is 23.1 Å². The monoisotopic (exact) mass is 348 g/mol. The second kappa shape index (κ2) is 9.38. The zero-order valence-electron chi connectivity index (χ0n) is 12.3. The van der Waals surface area contributed by atoms with Crippen LogP contribution in [0.5, 0.6) is 5.75 Å². The van der Waals surface area contributed by atoms with Gasteiger partial charge in [0.15, 0.2) is 6.10 Å². The molecule has 6 nitrogen and oxygen atoms in total. The third-order valence-electron chi connectivity index (χ3n) is 2.49. The Morgan fingerprint density at radius 3 is 2.32 bits per heavy atom. The van der Waals surface area contributed by atoms with Crippen molar-refractivity contribution in [3.8, 4) is 5.75 Å². The summed E-state index contributed by atoms with van der Waals surface area (Å²) >= 11 is 11.7. The molecule has 0 aliphatic heterocycles. The number of carbonyl (C=O) groups excluding carboxylic acids is 2. The van der Waals surface area contributed by atoms with E-state index >= 15 is 0 Å². The smallest absolute Gasteiger partial charge is 0.407 e. The van der Waals surface area contributed by atoms with Gasteiger partial charge in [-0.15, -0.1) is 0 Å². The van der Waals surface area contributed by atoms with E-state index in [9.17, 15) is 9.59 Å². The van der Waals surface area contributed by atoms with Crippen LogP contribution in [0.1, 0.15) is 13.8 Å². The summed E-state index contributed by atoms with van der Waals surface area (Å²) in [7, 11) is 0. The number of ether oxygens (including phenoxy) is 2. The lowest BCUT2D eigenvalue weighted by Crippen LogP contribution is -2.40. The molecule has 0 aliphatic carbocycles. The Kier molecular flexibility index (Phi) is 7.84. The largest absolute Gasteiger partial charge is 0.481 e. The molecule has 0 fully saturated rings. The highest BCUT2D eigenvalue weighted by molar-refractivity contribution is 6.34. The summed E-state index contributed by atoms with van der Waals surface area (Å²) in [6.45, 7) is 4.14. The highest BCUT2D eigenvalue weighted by Gasteiger charge is 2.14. The van der Waals surface area contributed by atoms with E-state index in [4.69, 9.17) is 27.9 Å². The molecule has 22 heavy (non-hydrogen) atoms. The summed E-state index contributed by atoms with van der Waals surface area (Å²) < 4.78 is 10.1. The predicted molar refractivity (Wildman–Crippen MR) is 84.6 cm³/mol. The lowest BCUT2D eigenvalue weighted by molar-refractivity contribution is -0.127. The third kappa shape index (κ3) is 6.87. The molecule has 122 valence electrons. The van der Waals surface area contributed by atoms with Gasteiger partial charge >= 0.3 is 6.09 Å². The van der Waals surface area contributed by atoms with Crippen molar-refractivity contribution < 1.29 is 19.1 Å². The van der Waals surface area contributed by atoms with E-state index in [0.29, 0.717) is 22.4 Å². The number of nitrogens with one attached hydrogen (secondary N) is 2. The number of alkyl carbamates (subject to hydrolysis) is 1. The molecule has 1 aromatic rings. The molecule has 0 aliphatic rings. The van der Waals surface area contributed by atoms with Crippen LogP contribution in [0.4, 0.5) is 4.79 Å². The Balaban J connectivity index is 2.34. The Morgan fingerprint density at radius 2 is 1.73 bits per heavy atom. The standard InChI is InChI=1S/C14H18Cl2N2O4/c1-3-21-14(20)18-5-4-17-13(19)9(2)22-12-7-10(15)6-11(16)8-12/h6-9H,3-5H2,1-2H3,(H,17,19)(H,18,20). The lowest BCUT2D eigenvalue weighted by atomic mass is 10.3. The molecule has 1 atom stereocenters. The molecule has 1 rings (SSSR count). The summed E-state index contributed by atoms with van der Waals surface area (Å²) in [5, 5.41) is 5.97. The van der Waals surface area contributed by atoms with Crippen molar-refractivity contribution in [1.82, 2.24) is 10.6 Å². The number of benzene rings is 1. The zero-order valence-corrected chi connectivity index (χ0v) is 13.8. The van der Waals surface area contributed by atoms with E-state index in [0.717, 1.165) is 0 Å². The van der Waals surface area contributed by atoms with Gasteiger partial charge in [0.25, 0.3) is 5.91 Å². The fourth-order valence-electron chi connectivity index (χ4n) is 1.53. The van der Waals surface area contributed by atoms with Crippen molar-refractivity contribution in [2.24, 2.45) is 0 Å². The number of amides is 2. The minimum absolute atomic E-state index is 0.264. The van der Waals surface area contributed by atoms with E-state index in [-0.39, 0.29) is 19.0 Å². The summed E-state index contributed by atoms with van der Waals surface area (Å²) in [6, 6.07) is 4.71. The van der Waals surface area contributed by atoms with Crippen LogP contribution >= 0.6 is 23.2 Å².